The number of nitrogens with two attached hydrogens (primary N) is 1. The van der Waals surface area contributed by atoms with Gasteiger partial charge >= 0.3 is 6.18 Å². The predicted octanol–water partition coefficient (Wildman–Crippen LogP) is 2.95. The van der Waals surface area contributed by atoms with Crippen molar-refractivity contribution in [2.75, 3.05) is 20.2 Å². The van der Waals surface area contributed by atoms with Crippen molar-refractivity contribution in [3.05, 3.63) is 64.7 Å². The molecule has 2 aromatic rings. The number of hydrogen-bond acceptors (Lipinski definition) is 5. The average molecular weight is 492 g/mol. The first-order valence-corrected chi connectivity index (χ1v) is 10.9. The van der Waals surface area contributed by atoms with E-state index in [0.717, 1.165) is 0 Å². The third-order valence-electron chi connectivity index (χ3n) is 6.14. The zero-order chi connectivity index (χ0) is 26.0. The summed E-state index contributed by atoms with van der Waals surface area (Å²) < 4.78 is 47.0. The molecule has 5 N–H and O–H groups in total. The van der Waals surface area contributed by atoms with E-state index >= 15 is 0 Å². The van der Waals surface area contributed by atoms with Crippen LogP contribution in [0.15, 0.2) is 42.5 Å². The lowest BCUT2D eigenvalue weighted by Gasteiger charge is -2.37. The molecule has 1 aliphatic heterocycles. The van der Waals surface area contributed by atoms with Crippen molar-refractivity contribution in [3.8, 4) is 5.75 Å². The first-order valence-electron chi connectivity index (χ1n) is 10.9. The Morgan fingerprint density at radius 1 is 1.17 bits per heavy atom. The summed E-state index contributed by atoms with van der Waals surface area (Å²) in [7, 11) is 1.23. The highest BCUT2D eigenvalue weighted by Gasteiger charge is 2.41. The third kappa shape index (κ3) is 5.56. The number of aliphatic hydroxyl groups is 1. The van der Waals surface area contributed by atoms with Crippen molar-refractivity contribution < 1.29 is 32.6 Å². The molecule has 0 radical (unpaired) electrons. The van der Waals surface area contributed by atoms with Crippen LogP contribution in [0.3, 0.4) is 0 Å². The highest BCUT2D eigenvalue weighted by molar-refractivity contribution is 6.06. The minimum Gasteiger partial charge on any atom is -0.496 e. The quantitative estimate of drug-likeness (QED) is 0.377. The molecule has 0 saturated carbocycles. The minimum atomic E-state index is -4.75. The summed E-state index contributed by atoms with van der Waals surface area (Å²) in [4.78, 5) is 26.7. The molecule has 2 aromatic carbocycles. The number of methoxy groups -OCH3 is 1. The van der Waals surface area contributed by atoms with E-state index in [1.807, 2.05) is 5.32 Å². The van der Waals surface area contributed by atoms with Gasteiger partial charge in [0.25, 0.3) is 11.8 Å². The fraction of sp³-hybridized carbons (Fsp3) is 0.375. The van der Waals surface area contributed by atoms with Crippen molar-refractivity contribution in [3.63, 3.8) is 0 Å². The number of benzene rings is 2. The lowest BCUT2D eigenvalue weighted by molar-refractivity contribution is -0.152. The summed E-state index contributed by atoms with van der Waals surface area (Å²) in [6.07, 6.45) is -4.31. The monoisotopic (exact) mass is 492 g/mol. The van der Waals surface area contributed by atoms with Gasteiger partial charge in [0.15, 0.2) is 11.6 Å². The molecule has 0 spiro atoms. The largest absolute Gasteiger partial charge is 0.496 e. The maximum atomic E-state index is 14.0. The molecular formula is C24H27F3N4O4. The Morgan fingerprint density at radius 2 is 1.77 bits per heavy atom. The van der Waals surface area contributed by atoms with E-state index in [1.54, 1.807) is 30.3 Å². The second-order valence-corrected chi connectivity index (χ2v) is 8.51. The van der Waals surface area contributed by atoms with E-state index in [4.69, 9.17) is 15.9 Å². The average Bonchev–Trinajstić information content (AvgIpc) is 2.82. The fourth-order valence-corrected chi connectivity index (χ4v) is 4.30. The molecule has 1 aliphatic rings. The summed E-state index contributed by atoms with van der Waals surface area (Å²) in [5, 5.41) is 20.0. The Kier molecular flexibility index (Phi) is 7.39. The molecule has 1 fully saturated rings. The van der Waals surface area contributed by atoms with Crippen LogP contribution in [0.4, 0.5) is 13.2 Å². The highest BCUT2D eigenvalue weighted by atomic mass is 19.4. The van der Waals surface area contributed by atoms with Gasteiger partial charge in [-0.3, -0.25) is 20.3 Å². The summed E-state index contributed by atoms with van der Waals surface area (Å²) >= 11 is 0. The van der Waals surface area contributed by atoms with Gasteiger partial charge < -0.3 is 20.5 Å². The van der Waals surface area contributed by atoms with Crippen molar-refractivity contribution in [2.24, 2.45) is 5.73 Å². The standard InChI is InChI=1S/C24H27F3N4O4/c1-23(34,15-6-4-3-5-7-15)21(33)31-10-8-14(9-11-31)16-13-19(35-2)17(20(32)30-22(28)29)12-18(16)24(25,26)27/h3-7,12-14,34H,8-11H2,1-2H3,(H4,28,29,30,32)/t23-/m1/s1. The number of nitrogens with zero attached hydrogens (tertiary/aromatic N) is 1. The molecule has 3 rings (SSSR count). The van der Waals surface area contributed by atoms with Crippen LogP contribution in [0, 0.1) is 5.41 Å². The Balaban J connectivity index is 1.86. The molecule has 2 amide bonds. The van der Waals surface area contributed by atoms with Gasteiger partial charge in [0, 0.05) is 13.1 Å². The Labute approximate surface area is 200 Å². The van der Waals surface area contributed by atoms with Crippen LogP contribution in [0.2, 0.25) is 0 Å². The number of piperidine rings is 1. The number of likely N-dealkylation sites (tertiary alicyclic amines) is 1. The normalized spacial score (nSPS) is 16.3. The van der Waals surface area contributed by atoms with E-state index in [1.165, 1.54) is 25.0 Å². The second-order valence-electron chi connectivity index (χ2n) is 8.51. The molecule has 1 saturated heterocycles. The van der Waals surface area contributed by atoms with Crippen molar-refractivity contribution in [1.82, 2.24) is 10.2 Å². The molecule has 1 heterocycles. The molecule has 11 heteroatoms. The van der Waals surface area contributed by atoms with Crippen molar-refractivity contribution in [1.29, 1.82) is 5.41 Å². The van der Waals surface area contributed by atoms with Gasteiger partial charge in [-0.25, -0.2) is 0 Å². The number of ether oxygens (including phenoxy) is 1. The number of nitrogens with one attached hydrogen (secondary N) is 2. The van der Waals surface area contributed by atoms with Crippen LogP contribution in [0.1, 0.15) is 52.7 Å². The molecular weight excluding hydrogens is 465 g/mol. The smallest absolute Gasteiger partial charge is 0.416 e. The van der Waals surface area contributed by atoms with Gasteiger partial charge in [0.1, 0.15) is 5.75 Å². The predicted molar refractivity (Wildman–Crippen MR) is 122 cm³/mol. The number of guanidine groups is 1. The topological polar surface area (TPSA) is 129 Å². The number of amides is 2. The molecule has 1 atom stereocenters. The number of rotatable bonds is 5. The van der Waals surface area contributed by atoms with Crippen LogP contribution >= 0.6 is 0 Å². The SMILES string of the molecule is COc1cc(C2CCN(C(=O)[C@](C)(O)c3ccccc3)CC2)c(C(F)(F)F)cc1C(=O)NC(=N)N. The van der Waals surface area contributed by atoms with Gasteiger partial charge in [-0.15, -0.1) is 0 Å². The van der Waals surface area contributed by atoms with E-state index in [-0.39, 0.29) is 37.2 Å². The number of carbonyl (C=O) groups excluding carboxylic acids is 2. The van der Waals surface area contributed by atoms with Crippen molar-refractivity contribution >= 4 is 17.8 Å². The molecule has 188 valence electrons. The molecule has 8 nitrogen and oxygen atoms in total. The zero-order valence-electron chi connectivity index (χ0n) is 19.3. The number of hydrogen-bond donors (Lipinski definition) is 4. The number of halogens is 3. The second kappa shape index (κ2) is 9.95. The maximum Gasteiger partial charge on any atom is 0.416 e. The van der Waals surface area contributed by atoms with E-state index in [9.17, 15) is 27.9 Å². The first kappa shape index (κ1) is 26.0. The van der Waals surface area contributed by atoms with E-state index in [2.05, 4.69) is 0 Å². The molecule has 0 bridgehead atoms. The van der Waals surface area contributed by atoms with Gasteiger partial charge in [0.05, 0.1) is 18.2 Å². The Hall–Kier alpha value is -3.60. The van der Waals surface area contributed by atoms with Crippen LogP contribution < -0.4 is 15.8 Å². The number of carbonyl (C=O) groups is 2. The summed E-state index contributed by atoms with van der Waals surface area (Å²) in [5.74, 6) is -2.87. The molecule has 0 unspecified atom stereocenters. The Morgan fingerprint density at radius 3 is 2.29 bits per heavy atom. The van der Waals surface area contributed by atoms with Crippen LogP contribution in [0.25, 0.3) is 0 Å². The van der Waals surface area contributed by atoms with Crippen LogP contribution in [-0.2, 0) is 16.6 Å². The molecule has 0 aliphatic carbocycles. The third-order valence-corrected chi connectivity index (χ3v) is 6.14. The van der Waals surface area contributed by atoms with Crippen LogP contribution in [0.5, 0.6) is 5.75 Å². The lowest BCUT2D eigenvalue weighted by atomic mass is 9.84. The van der Waals surface area contributed by atoms with Gasteiger partial charge in [-0.1, -0.05) is 30.3 Å². The highest BCUT2D eigenvalue weighted by Crippen LogP contribution is 2.42. The first-order chi connectivity index (χ1) is 16.4. The van der Waals surface area contributed by atoms with E-state index < -0.39 is 46.6 Å². The van der Waals surface area contributed by atoms with Gasteiger partial charge in [-0.2, -0.15) is 13.2 Å². The van der Waals surface area contributed by atoms with E-state index in [0.29, 0.717) is 11.6 Å². The number of alkyl halides is 3. The summed E-state index contributed by atoms with van der Waals surface area (Å²) in [6.45, 7) is 1.70. The lowest BCUT2D eigenvalue weighted by Crippen LogP contribution is -2.48. The molecule has 35 heavy (non-hydrogen) atoms. The Bertz CT molecular complexity index is 1110. The van der Waals surface area contributed by atoms with Gasteiger partial charge in [-0.05, 0) is 48.9 Å². The summed E-state index contributed by atoms with van der Waals surface area (Å²) in [5.41, 5.74) is 2.36. The fourth-order valence-electron chi connectivity index (χ4n) is 4.30. The van der Waals surface area contributed by atoms with Gasteiger partial charge in [0.2, 0.25) is 0 Å². The van der Waals surface area contributed by atoms with Crippen molar-refractivity contribution in [2.45, 2.75) is 37.5 Å². The zero-order valence-corrected chi connectivity index (χ0v) is 19.3. The van der Waals surface area contributed by atoms with Crippen LogP contribution in [-0.4, -0.2) is 48.0 Å². The minimum absolute atomic E-state index is 0.0457. The maximum absolute atomic E-state index is 14.0. The summed E-state index contributed by atoms with van der Waals surface area (Å²) in [6, 6.07) is 10.3. The molecule has 0 aromatic heterocycles.